The number of hydrogen-bond donors (Lipinski definition) is 2. The average Bonchev–Trinajstić information content (AvgIpc) is 2.70. The van der Waals surface area contributed by atoms with Crippen molar-refractivity contribution in [2.24, 2.45) is 10.8 Å². The third-order valence-corrected chi connectivity index (χ3v) is 4.53. The largest absolute Gasteiger partial charge is 0.375 e. The van der Waals surface area contributed by atoms with Gasteiger partial charge >= 0.3 is 0 Å². The molecule has 0 aliphatic carbocycles. The quantitative estimate of drug-likeness (QED) is 0.450. The van der Waals surface area contributed by atoms with Crippen molar-refractivity contribution in [3.8, 4) is 0 Å². The van der Waals surface area contributed by atoms with Crippen LogP contribution in [0.3, 0.4) is 0 Å². The lowest BCUT2D eigenvalue weighted by Crippen LogP contribution is -2.49. The molecule has 152 valence electrons. The SMILES string of the molecule is NC(=S)NN=Cc1cc(F)c(N2CCN(C(=O)c3ccc(F)cc3)CC2)cc1F. The zero-order valence-corrected chi connectivity index (χ0v) is 16.1. The van der Waals surface area contributed by atoms with Crippen LogP contribution in [0.15, 0.2) is 41.5 Å². The normalized spacial score (nSPS) is 14.3. The summed E-state index contributed by atoms with van der Waals surface area (Å²) in [6.07, 6.45) is 1.08. The zero-order chi connectivity index (χ0) is 21.0. The summed E-state index contributed by atoms with van der Waals surface area (Å²) in [4.78, 5) is 15.7. The number of carbonyl (C=O) groups is 1. The van der Waals surface area contributed by atoms with E-state index in [1.807, 2.05) is 0 Å². The van der Waals surface area contributed by atoms with Gasteiger partial charge in [0.05, 0.1) is 11.9 Å². The van der Waals surface area contributed by atoms with Gasteiger partial charge in [0.1, 0.15) is 17.5 Å². The van der Waals surface area contributed by atoms with Crippen molar-refractivity contribution in [1.29, 1.82) is 0 Å². The number of nitrogens with zero attached hydrogens (tertiary/aromatic N) is 3. The summed E-state index contributed by atoms with van der Waals surface area (Å²) in [7, 11) is 0. The van der Waals surface area contributed by atoms with Crippen LogP contribution in [0, 0.1) is 17.5 Å². The van der Waals surface area contributed by atoms with Crippen molar-refractivity contribution in [2.45, 2.75) is 0 Å². The summed E-state index contributed by atoms with van der Waals surface area (Å²) in [5.41, 5.74) is 7.91. The number of amides is 1. The minimum absolute atomic E-state index is 0.0554. The van der Waals surface area contributed by atoms with E-state index in [2.05, 4.69) is 22.7 Å². The van der Waals surface area contributed by atoms with E-state index in [9.17, 15) is 18.0 Å². The molecule has 2 aromatic rings. The Kier molecular flexibility index (Phi) is 6.32. The first kappa shape index (κ1) is 20.6. The first-order chi connectivity index (χ1) is 13.8. The number of benzene rings is 2. The lowest BCUT2D eigenvalue weighted by atomic mass is 10.1. The number of carbonyl (C=O) groups excluding carboxylic acids is 1. The standard InChI is InChI=1S/C19H18F3N5OS/c20-14-3-1-12(2-4-14)18(28)27-7-5-26(6-8-27)17-10-15(21)13(9-16(17)22)11-24-25-19(23)29/h1-4,9-11H,5-8H2,(H3,23,25,29). The molecule has 0 bridgehead atoms. The third kappa shape index (κ3) is 5.02. The molecule has 0 aromatic heterocycles. The van der Waals surface area contributed by atoms with Crippen LogP contribution in [0.5, 0.6) is 0 Å². The van der Waals surface area contributed by atoms with Crippen LogP contribution in [0.4, 0.5) is 18.9 Å². The molecule has 1 amide bonds. The second-order valence-electron chi connectivity index (χ2n) is 6.35. The molecule has 0 saturated carbocycles. The maximum atomic E-state index is 14.5. The molecular weight excluding hydrogens is 403 g/mol. The van der Waals surface area contributed by atoms with E-state index in [0.717, 1.165) is 18.3 Å². The summed E-state index contributed by atoms with van der Waals surface area (Å²) < 4.78 is 41.8. The van der Waals surface area contributed by atoms with Crippen molar-refractivity contribution >= 4 is 35.1 Å². The molecule has 3 rings (SSSR count). The monoisotopic (exact) mass is 421 g/mol. The molecule has 3 N–H and O–H groups in total. The molecule has 0 unspecified atom stereocenters. The van der Waals surface area contributed by atoms with Gasteiger partial charge in [0.2, 0.25) is 0 Å². The van der Waals surface area contributed by atoms with Gasteiger partial charge in [0, 0.05) is 43.4 Å². The number of nitrogens with one attached hydrogen (secondary N) is 1. The molecule has 0 spiro atoms. The maximum absolute atomic E-state index is 14.5. The number of hydrazone groups is 1. The molecule has 1 aliphatic heterocycles. The maximum Gasteiger partial charge on any atom is 0.253 e. The van der Waals surface area contributed by atoms with Gasteiger partial charge in [-0.2, -0.15) is 5.10 Å². The van der Waals surface area contributed by atoms with Crippen molar-refractivity contribution in [3.05, 3.63) is 65.0 Å². The second-order valence-corrected chi connectivity index (χ2v) is 6.79. The van der Waals surface area contributed by atoms with Crippen LogP contribution < -0.4 is 16.1 Å². The molecule has 2 aromatic carbocycles. The van der Waals surface area contributed by atoms with Crippen LogP contribution in [-0.4, -0.2) is 48.3 Å². The first-order valence-corrected chi connectivity index (χ1v) is 9.13. The molecule has 29 heavy (non-hydrogen) atoms. The molecule has 6 nitrogen and oxygen atoms in total. The van der Waals surface area contributed by atoms with Gasteiger partial charge < -0.3 is 15.5 Å². The highest BCUT2D eigenvalue weighted by Crippen LogP contribution is 2.24. The Labute approximate surface area is 170 Å². The summed E-state index contributed by atoms with van der Waals surface area (Å²) >= 11 is 4.57. The van der Waals surface area contributed by atoms with Gasteiger partial charge in [0.25, 0.3) is 5.91 Å². The number of piperazine rings is 1. The van der Waals surface area contributed by atoms with Crippen molar-refractivity contribution < 1.29 is 18.0 Å². The Morgan fingerprint density at radius 2 is 1.72 bits per heavy atom. The second kappa shape index (κ2) is 8.91. The molecule has 0 atom stereocenters. The smallest absolute Gasteiger partial charge is 0.253 e. The van der Waals surface area contributed by atoms with E-state index in [0.29, 0.717) is 31.7 Å². The Balaban J connectivity index is 1.66. The van der Waals surface area contributed by atoms with E-state index in [1.54, 1.807) is 9.80 Å². The van der Waals surface area contributed by atoms with Gasteiger partial charge in [-0.05, 0) is 42.5 Å². The van der Waals surface area contributed by atoms with Gasteiger partial charge in [-0.15, -0.1) is 0 Å². The minimum atomic E-state index is -0.653. The zero-order valence-electron chi connectivity index (χ0n) is 15.2. The summed E-state index contributed by atoms with van der Waals surface area (Å²) in [5.74, 6) is -1.91. The van der Waals surface area contributed by atoms with Crippen LogP contribution in [0.25, 0.3) is 0 Å². The molecular formula is C19H18F3N5OS. The minimum Gasteiger partial charge on any atom is -0.375 e. The Bertz CT molecular complexity index is 944. The lowest BCUT2D eigenvalue weighted by Gasteiger charge is -2.36. The molecule has 1 fully saturated rings. The third-order valence-electron chi connectivity index (χ3n) is 4.44. The first-order valence-electron chi connectivity index (χ1n) is 8.72. The van der Waals surface area contributed by atoms with Crippen LogP contribution in [-0.2, 0) is 0 Å². The predicted molar refractivity (Wildman–Crippen MR) is 108 cm³/mol. The summed E-state index contributed by atoms with van der Waals surface area (Å²) in [5, 5.41) is 3.53. The van der Waals surface area contributed by atoms with E-state index >= 15 is 0 Å². The fourth-order valence-corrected chi connectivity index (χ4v) is 3.04. The number of thiocarbonyl (C=S) groups is 1. The van der Waals surface area contributed by atoms with Crippen LogP contribution >= 0.6 is 12.2 Å². The predicted octanol–water partition coefficient (Wildman–Crippen LogP) is 2.23. The van der Waals surface area contributed by atoms with Crippen molar-refractivity contribution in [2.75, 3.05) is 31.1 Å². The van der Waals surface area contributed by atoms with Crippen LogP contribution in [0.2, 0.25) is 0 Å². The topological polar surface area (TPSA) is 74.0 Å². The Morgan fingerprint density at radius 1 is 1.07 bits per heavy atom. The van der Waals surface area contributed by atoms with Crippen molar-refractivity contribution in [3.63, 3.8) is 0 Å². The van der Waals surface area contributed by atoms with Gasteiger partial charge in [-0.25, -0.2) is 13.2 Å². The highest BCUT2D eigenvalue weighted by atomic mass is 32.1. The molecule has 1 saturated heterocycles. The molecule has 1 heterocycles. The molecule has 0 radical (unpaired) electrons. The number of anilines is 1. The highest BCUT2D eigenvalue weighted by molar-refractivity contribution is 7.80. The fraction of sp³-hybridized carbons (Fsp3) is 0.211. The van der Waals surface area contributed by atoms with E-state index < -0.39 is 17.5 Å². The molecule has 1 aliphatic rings. The van der Waals surface area contributed by atoms with Gasteiger partial charge in [-0.1, -0.05) is 0 Å². The van der Waals surface area contributed by atoms with Crippen molar-refractivity contribution in [1.82, 2.24) is 10.3 Å². The Morgan fingerprint density at radius 3 is 2.34 bits per heavy atom. The summed E-state index contributed by atoms with van der Waals surface area (Å²) in [6, 6.07) is 7.42. The van der Waals surface area contributed by atoms with E-state index in [1.165, 1.54) is 24.3 Å². The highest BCUT2D eigenvalue weighted by Gasteiger charge is 2.24. The van der Waals surface area contributed by atoms with E-state index in [-0.39, 0.29) is 22.3 Å². The van der Waals surface area contributed by atoms with Gasteiger partial charge in [0.15, 0.2) is 5.11 Å². The summed E-state index contributed by atoms with van der Waals surface area (Å²) in [6.45, 7) is 1.33. The van der Waals surface area contributed by atoms with E-state index in [4.69, 9.17) is 5.73 Å². The number of hydrogen-bond acceptors (Lipinski definition) is 4. The average molecular weight is 421 g/mol. The number of halogens is 3. The molecule has 10 heteroatoms. The fourth-order valence-electron chi connectivity index (χ4n) is 2.98. The van der Waals surface area contributed by atoms with Crippen LogP contribution in [0.1, 0.15) is 15.9 Å². The lowest BCUT2D eigenvalue weighted by molar-refractivity contribution is 0.0746. The Hall–Kier alpha value is -3.14. The van der Waals surface area contributed by atoms with Gasteiger partial charge in [-0.3, -0.25) is 10.2 Å². The number of nitrogens with two attached hydrogens (primary N) is 1. The number of rotatable bonds is 4.